The molecule has 1 saturated carbocycles. The van der Waals surface area contributed by atoms with Crippen LogP contribution in [0.15, 0.2) is 16.7 Å². The molecule has 0 bridgehead atoms. The lowest BCUT2D eigenvalue weighted by Crippen LogP contribution is -2.10. The molecule has 0 aliphatic heterocycles. The summed E-state index contributed by atoms with van der Waals surface area (Å²) in [5.74, 6) is 0.971. The summed E-state index contributed by atoms with van der Waals surface area (Å²) in [6.07, 6.45) is 4.75. The Kier molecular flexibility index (Phi) is 2.61. The first-order valence-corrected chi connectivity index (χ1v) is 4.95. The smallest absolute Gasteiger partial charge is 0.109 e. The van der Waals surface area contributed by atoms with Gasteiger partial charge in [0.2, 0.25) is 0 Å². The van der Waals surface area contributed by atoms with Crippen molar-refractivity contribution in [2.24, 2.45) is 5.41 Å². The lowest BCUT2D eigenvalue weighted by atomic mass is 10.0. The van der Waals surface area contributed by atoms with Gasteiger partial charge in [-0.15, -0.1) is 0 Å². The van der Waals surface area contributed by atoms with Crippen LogP contribution in [0, 0.1) is 5.41 Å². The molecule has 1 aromatic rings. The zero-order valence-corrected chi connectivity index (χ0v) is 8.45. The summed E-state index contributed by atoms with van der Waals surface area (Å²) >= 11 is 0. The van der Waals surface area contributed by atoms with E-state index in [4.69, 9.17) is 9.15 Å². The maximum absolute atomic E-state index is 9.20. The van der Waals surface area contributed by atoms with Crippen molar-refractivity contribution in [2.45, 2.75) is 25.9 Å². The van der Waals surface area contributed by atoms with E-state index >= 15 is 0 Å². The van der Waals surface area contributed by atoms with Crippen molar-refractivity contribution in [3.05, 3.63) is 23.7 Å². The van der Waals surface area contributed by atoms with Gasteiger partial charge in [0.25, 0.3) is 0 Å². The Morgan fingerprint density at radius 1 is 1.57 bits per heavy atom. The SMILES string of the molecule is COCc1ccoc1CC1(CO)CC1. The highest BCUT2D eigenvalue weighted by atomic mass is 16.5. The Morgan fingerprint density at radius 3 is 2.93 bits per heavy atom. The average Bonchev–Trinajstić information content (AvgIpc) is 2.84. The molecule has 0 aromatic carbocycles. The fraction of sp³-hybridized carbons (Fsp3) is 0.636. The third-order valence-corrected chi connectivity index (χ3v) is 2.97. The molecule has 14 heavy (non-hydrogen) atoms. The minimum Gasteiger partial charge on any atom is -0.469 e. The predicted octanol–water partition coefficient (Wildman–Crippen LogP) is 1.74. The Hall–Kier alpha value is -0.800. The number of hydrogen-bond acceptors (Lipinski definition) is 3. The monoisotopic (exact) mass is 196 g/mol. The van der Waals surface area contributed by atoms with Crippen LogP contribution in [-0.4, -0.2) is 18.8 Å². The van der Waals surface area contributed by atoms with Crippen LogP contribution in [0.3, 0.4) is 0 Å². The van der Waals surface area contributed by atoms with E-state index in [-0.39, 0.29) is 12.0 Å². The van der Waals surface area contributed by atoms with E-state index in [9.17, 15) is 5.11 Å². The molecule has 1 fully saturated rings. The quantitative estimate of drug-likeness (QED) is 0.780. The second kappa shape index (κ2) is 3.75. The maximum atomic E-state index is 9.20. The molecule has 1 N–H and O–H groups in total. The molecular formula is C11H16O3. The molecule has 1 heterocycles. The Balaban J connectivity index is 2.05. The van der Waals surface area contributed by atoms with E-state index in [2.05, 4.69) is 0 Å². The Morgan fingerprint density at radius 2 is 2.36 bits per heavy atom. The molecule has 1 aliphatic rings. The van der Waals surface area contributed by atoms with Gasteiger partial charge in [0.1, 0.15) is 5.76 Å². The number of hydrogen-bond donors (Lipinski definition) is 1. The molecule has 1 aliphatic carbocycles. The second-order valence-electron chi connectivity index (χ2n) is 4.14. The first-order chi connectivity index (χ1) is 6.79. The van der Waals surface area contributed by atoms with Crippen LogP contribution in [0.4, 0.5) is 0 Å². The molecule has 3 heteroatoms. The van der Waals surface area contributed by atoms with Gasteiger partial charge in [0.15, 0.2) is 0 Å². The first kappa shape index (κ1) is 9.74. The van der Waals surface area contributed by atoms with E-state index < -0.39 is 0 Å². The molecule has 2 rings (SSSR count). The molecule has 0 amide bonds. The van der Waals surface area contributed by atoms with Crippen LogP contribution in [0.5, 0.6) is 0 Å². The third kappa shape index (κ3) is 1.83. The van der Waals surface area contributed by atoms with E-state index in [1.54, 1.807) is 13.4 Å². The topological polar surface area (TPSA) is 42.6 Å². The number of rotatable bonds is 5. The largest absolute Gasteiger partial charge is 0.469 e. The number of aliphatic hydroxyl groups is 1. The van der Waals surface area contributed by atoms with Crippen LogP contribution in [0.1, 0.15) is 24.2 Å². The zero-order valence-electron chi connectivity index (χ0n) is 8.45. The summed E-state index contributed by atoms with van der Waals surface area (Å²) in [4.78, 5) is 0. The molecule has 3 nitrogen and oxygen atoms in total. The fourth-order valence-corrected chi connectivity index (χ4v) is 1.71. The molecular weight excluding hydrogens is 180 g/mol. The maximum Gasteiger partial charge on any atom is 0.109 e. The van der Waals surface area contributed by atoms with Gasteiger partial charge in [-0.2, -0.15) is 0 Å². The lowest BCUT2D eigenvalue weighted by Gasteiger charge is -2.10. The standard InChI is InChI=1S/C11H16O3/c1-13-7-9-2-5-14-10(9)6-11(8-12)3-4-11/h2,5,12H,3-4,6-8H2,1H3. The molecule has 78 valence electrons. The highest BCUT2D eigenvalue weighted by Crippen LogP contribution is 2.48. The second-order valence-corrected chi connectivity index (χ2v) is 4.14. The van der Waals surface area contributed by atoms with Gasteiger partial charge in [0.05, 0.1) is 12.9 Å². The van der Waals surface area contributed by atoms with Crippen molar-refractivity contribution in [2.75, 3.05) is 13.7 Å². The number of furan rings is 1. The highest BCUT2D eigenvalue weighted by molar-refractivity contribution is 5.19. The third-order valence-electron chi connectivity index (χ3n) is 2.97. The summed E-state index contributed by atoms with van der Waals surface area (Å²) < 4.78 is 10.5. The summed E-state index contributed by atoms with van der Waals surface area (Å²) in [5, 5.41) is 9.20. The van der Waals surface area contributed by atoms with Crippen molar-refractivity contribution >= 4 is 0 Å². The van der Waals surface area contributed by atoms with E-state index in [0.717, 1.165) is 30.6 Å². The van der Waals surface area contributed by atoms with Crippen molar-refractivity contribution in [3.63, 3.8) is 0 Å². The van der Waals surface area contributed by atoms with Gasteiger partial charge in [-0.25, -0.2) is 0 Å². The number of ether oxygens (including phenoxy) is 1. The van der Waals surface area contributed by atoms with Gasteiger partial charge in [0, 0.05) is 31.1 Å². The van der Waals surface area contributed by atoms with Crippen LogP contribution < -0.4 is 0 Å². The van der Waals surface area contributed by atoms with Crippen LogP contribution >= 0.6 is 0 Å². The molecule has 0 saturated heterocycles. The van der Waals surface area contributed by atoms with Crippen LogP contribution in [-0.2, 0) is 17.8 Å². The summed E-state index contributed by atoms with van der Waals surface area (Å²) in [6.45, 7) is 0.855. The van der Waals surface area contributed by atoms with Gasteiger partial charge >= 0.3 is 0 Å². The summed E-state index contributed by atoms with van der Waals surface area (Å²) in [7, 11) is 1.68. The zero-order chi connectivity index (χ0) is 10.0. The van der Waals surface area contributed by atoms with Crippen molar-refractivity contribution in [1.29, 1.82) is 0 Å². The molecule has 0 radical (unpaired) electrons. The lowest BCUT2D eigenvalue weighted by molar-refractivity contribution is 0.178. The van der Waals surface area contributed by atoms with Crippen LogP contribution in [0.2, 0.25) is 0 Å². The van der Waals surface area contributed by atoms with Crippen molar-refractivity contribution in [1.82, 2.24) is 0 Å². The minimum absolute atomic E-state index is 0.111. The van der Waals surface area contributed by atoms with Crippen molar-refractivity contribution in [3.8, 4) is 0 Å². The highest BCUT2D eigenvalue weighted by Gasteiger charge is 2.43. The molecule has 0 unspecified atom stereocenters. The number of methoxy groups -OCH3 is 1. The molecule has 0 spiro atoms. The predicted molar refractivity (Wildman–Crippen MR) is 51.9 cm³/mol. The molecule has 1 aromatic heterocycles. The van der Waals surface area contributed by atoms with E-state index in [1.165, 1.54) is 0 Å². The van der Waals surface area contributed by atoms with E-state index in [0.29, 0.717) is 6.61 Å². The van der Waals surface area contributed by atoms with Gasteiger partial charge < -0.3 is 14.3 Å². The number of aliphatic hydroxyl groups excluding tert-OH is 1. The van der Waals surface area contributed by atoms with E-state index in [1.807, 2.05) is 6.07 Å². The van der Waals surface area contributed by atoms with Crippen molar-refractivity contribution < 1.29 is 14.3 Å². The normalized spacial score (nSPS) is 18.4. The fourth-order valence-electron chi connectivity index (χ4n) is 1.71. The Bertz CT molecular complexity index is 299. The summed E-state index contributed by atoms with van der Waals surface area (Å²) in [6, 6.07) is 1.94. The average molecular weight is 196 g/mol. The van der Waals surface area contributed by atoms with Gasteiger partial charge in [-0.05, 0) is 18.9 Å². The van der Waals surface area contributed by atoms with Gasteiger partial charge in [-0.1, -0.05) is 0 Å². The molecule has 0 atom stereocenters. The summed E-state index contributed by atoms with van der Waals surface area (Å²) in [5.41, 5.74) is 1.22. The van der Waals surface area contributed by atoms with Gasteiger partial charge in [-0.3, -0.25) is 0 Å². The van der Waals surface area contributed by atoms with Crippen LogP contribution in [0.25, 0.3) is 0 Å². The minimum atomic E-state index is 0.111. The first-order valence-electron chi connectivity index (χ1n) is 4.95. The Labute approximate surface area is 83.7 Å².